The number of rotatable bonds is 4. The molecule has 20 heavy (non-hydrogen) atoms. The standard InChI is InChI=1S/C12H15F2N3O3/c13-10(14)7-16-4-1-2-8(16)11(18)17-5-3-15-6-9(17)12(19)20/h1-2,4,9-10,15H,3,5-7H2,(H,19,20). The van der Waals surface area contributed by atoms with E-state index in [1.807, 2.05) is 0 Å². The third-order valence-electron chi connectivity index (χ3n) is 3.17. The molecule has 1 amide bonds. The minimum absolute atomic E-state index is 0.0819. The molecule has 0 aromatic carbocycles. The summed E-state index contributed by atoms with van der Waals surface area (Å²) in [7, 11) is 0. The maximum atomic E-state index is 12.4. The fraction of sp³-hybridized carbons (Fsp3) is 0.500. The minimum Gasteiger partial charge on any atom is -0.480 e. The third-order valence-corrected chi connectivity index (χ3v) is 3.17. The van der Waals surface area contributed by atoms with Gasteiger partial charge in [-0.15, -0.1) is 0 Å². The lowest BCUT2D eigenvalue weighted by Gasteiger charge is -2.33. The fourth-order valence-electron chi connectivity index (χ4n) is 2.23. The van der Waals surface area contributed by atoms with Gasteiger partial charge in [-0.2, -0.15) is 0 Å². The van der Waals surface area contributed by atoms with Gasteiger partial charge >= 0.3 is 5.97 Å². The number of nitrogens with one attached hydrogen (secondary N) is 1. The van der Waals surface area contributed by atoms with Crippen LogP contribution in [0.2, 0.25) is 0 Å². The van der Waals surface area contributed by atoms with Crippen LogP contribution in [0.15, 0.2) is 18.3 Å². The van der Waals surface area contributed by atoms with Gasteiger partial charge in [-0.25, -0.2) is 13.6 Å². The molecule has 2 heterocycles. The molecule has 2 rings (SSSR count). The number of carboxylic acid groups (broad SMARTS) is 1. The summed E-state index contributed by atoms with van der Waals surface area (Å²) < 4.78 is 26.0. The van der Waals surface area contributed by atoms with Gasteiger partial charge in [0.05, 0.1) is 6.54 Å². The Hall–Kier alpha value is -1.96. The van der Waals surface area contributed by atoms with Gasteiger partial charge in [0, 0.05) is 25.8 Å². The van der Waals surface area contributed by atoms with Gasteiger partial charge in [0.25, 0.3) is 12.3 Å². The molecule has 1 aliphatic heterocycles. The van der Waals surface area contributed by atoms with E-state index >= 15 is 0 Å². The molecule has 2 N–H and O–H groups in total. The van der Waals surface area contributed by atoms with E-state index in [0.717, 1.165) is 4.57 Å². The van der Waals surface area contributed by atoms with Crippen LogP contribution in [0.1, 0.15) is 10.5 Å². The molecule has 6 nitrogen and oxygen atoms in total. The summed E-state index contributed by atoms with van der Waals surface area (Å²) in [6, 6.07) is 1.94. The predicted molar refractivity (Wildman–Crippen MR) is 65.8 cm³/mol. The SMILES string of the molecule is O=C(O)C1CNCCN1C(=O)c1cccn1CC(F)F. The Morgan fingerprint density at radius 1 is 1.50 bits per heavy atom. The number of aliphatic carboxylic acids is 1. The van der Waals surface area contributed by atoms with Gasteiger partial charge in [-0.05, 0) is 12.1 Å². The van der Waals surface area contributed by atoms with E-state index in [1.165, 1.54) is 23.2 Å². The summed E-state index contributed by atoms with van der Waals surface area (Å²) >= 11 is 0. The number of aromatic nitrogens is 1. The fourth-order valence-corrected chi connectivity index (χ4v) is 2.23. The Kier molecular flexibility index (Phi) is 4.33. The van der Waals surface area contributed by atoms with Crippen LogP contribution in [-0.4, -0.2) is 58.6 Å². The first-order valence-corrected chi connectivity index (χ1v) is 6.18. The average Bonchev–Trinajstić information content (AvgIpc) is 2.85. The Labute approximate surface area is 114 Å². The third kappa shape index (κ3) is 2.96. The lowest BCUT2D eigenvalue weighted by atomic mass is 10.1. The largest absolute Gasteiger partial charge is 0.480 e. The summed E-state index contributed by atoms with van der Waals surface area (Å²) in [5.41, 5.74) is 0.0819. The molecule has 1 aromatic heterocycles. The van der Waals surface area contributed by atoms with Crippen molar-refractivity contribution in [1.82, 2.24) is 14.8 Å². The van der Waals surface area contributed by atoms with Crippen molar-refractivity contribution in [2.45, 2.75) is 19.0 Å². The van der Waals surface area contributed by atoms with Gasteiger partial charge in [-0.3, -0.25) is 4.79 Å². The number of nitrogens with zero attached hydrogens (tertiary/aromatic N) is 2. The van der Waals surface area contributed by atoms with Gasteiger partial charge in [-0.1, -0.05) is 0 Å². The molecule has 0 saturated carbocycles. The first-order valence-electron chi connectivity index (χ1n) is 6.18. The van der Waals surface area contributed by atoms with Crippen molar-refractivity contribution in [3.63, 3.8) is 0 Å². The van der Waals surface area contributed by atoms with Crippen molar-refractivity contribution in [2.75, 3.05) is 19.6 Å². The van der Waals surface area contributed by atoms with Gasteiger partial charge in [0.15, 0.2) is 0 Å². The topological polar surface area (TPSA) is 74.6 Å². The molecule has 1 fully saturated rings. The second-order valence-electron chi connectivity index (χ2n) is 4.49. The average molecular weight is 287 g/mol. The van der Waals surface area contributed by atoms with Crippen LogP contribution in [0, 0.1) is 0 Å². The predicted octanol–water partition coefficient (Wildman–Crippen LogP) is 0.252. The number of carbonyl (C=O) groups excluding carboxylic acids is 1. The van der Waals surface area contributed by atoms with Gasteiger partial charge in [0.1, 0.15) is 11.7 Å². The number of alkyl halides is 2. The second kappa shape index (κ2) is 6.00. The lowest BCUT2D eigenvalue weighted by molar-refractivity contribution is -0.142. The zero-order valence-electron chi connectivity index (χ0n) is 10.6. The maximum absolute atomic E-state index is 12.4. The highest BCUT2D eigenvalue weighted by molar-refractivity contribution is 5.95. The van der Waals surface area contributed by atoms with E-state index in [-0.39, 0.29) is 18.8 Å². The molecule has 8 heteroatoms. The smallest absolute Gasteiger partial charge is 0.327 e. The number of hydrogen-bond donors (Lipinski definition) is 2. The van der Waals surface area contributed by atoms with E-state index < -0.39 is 30.9 Å². The Morgan fingerprint density at radius 3 is 2.90 bits per heavy atom. The van der Waals surface area contributed by atoms with Crippen molar-refractivity contribution in [2.24, 2.45) is 0 Å². The van der Waals surface area contributed by atoms with E-state index in [2.05, 4.69) is 5.32 Å². The van der Waals surface area contributed by atoms with Crippen LogP contribution >= 0.6 is 0 Å². The summed E-state index contributed by atoms with van der Waals surface area (Å²) in [6.45, 7) is 0.273. The molecular formula is C12H15F2N3O3. The molecule has 1 unspecified atom stereocenters. The van der Waals surface area contributed by atoms with Crippen molar-refractivity contribution >= 4 is 11.9 Å². The van der Waals surface area contributed by atoms with E-state index in [4.69, 9.17) is 5.11 Å². The Morgan fingerprint density at radius 2 is 2.25 bits per heavy atom. The molecule has 0 aliphatic carbocycles. The monoisotopic (exact) mass is 287 g/mol. The van der Waals surface area contributed by atoms with Crippen molar-refractivity contribution in [3.05, 3.63) is 24.0 Å². The van der Waals surface area contributed by atoms with E-state index in [9.17, 15) is 18.4 Å². The van der Waals surface area contributed by atoms with Gasteiger partial charge < -0.3 is 19.9 Å². The summed E-state index contributed by atoms with van der Waals surface area (Å²) in [5, 5.41) is 12.0. The van der Waals surface area contributed by atoms with Crippen LogP contribution in [0.4, 0.5) is 8.78 Å². The van der Waals surface area contributed by atoms with Crippen LogP contribution in [0.25, 0.3) is 0 Å². The Balaban J connectivity index is 2.21. The molecule has 0 spiro atoms. The lowest BCUT2D eigenvalue weighted by Crippen LogP contribution is -2.57. The van der Waals surface area contributed by atoms with E-state index in [0.29, 0.717) is 6.54 Å². The maximum Gasteiger partial charge on any atom is 0.327 e. The number of carbonyl (C=O) groups is 2. The van der Waals surface area contributed by atoms with Crippen molar-refractivity contribution in [3.8, 4) is 0 Å². The zero-order chi connectivity index (χ0) is 14.7. The van der Waals surface area contributed by atoms with Crippen molar-refractivity contribution < 1.29 is 23.5 Å². The molecule has 1 aliphatic rings. The van der Waals surface area contributed by atoms with Crippen LogP contribution in [0.3, 0.4) is 0 Å². The number of amides is 1. The number of carboxylic acids is 1. The highest BCUT2D eigenvalue weighted by Gasteiger charge is 2.33. The number of piperazine rings is 1. The highest BCUT2D eigenvalue weighted by Crippen LogP contribution is 2.13. The number of halogens is 2. The first kappa shape index (κ1) is 14.4. The highest BCUT2D eigenvalue weighted by atomic mass is 19.3. The quantitative estimate of drug-likeness (QED) is 0.832. The summed E-state index contributed by atoms with van der Waals surface area (Å²) in [6.07, 6.45) is -1.19. The van der Waals surface area contributed by atoms with Gasteiger partial charge in [0.2, 0.25) is 0 Å². The molecular weight excluding hydrogens is 272 g/mol. The Bertz CT molecular complexity index is 504. The summed E-state index contributed by atoms with van der Waals surface area (Å²) in [5.74, 6) is -1.65. The zero-order valence-corrected chi connectivity index (χ0v) is 10.6. The first-order chi connectivity index (χ1) is 9.50. The molecule has 1 aromatic rings. The van der Waals surface area contributed by atoms with Crippen LogP contribution in [-0.2, 0) is 11.3 Å². The minimum atomic E-state index is -2.58. The van der Waals surface area contributed by atoms with E-state index in [1.54, 1.807) is 0 Å². The number of hydrogen-bond acceptors (Lipinski definition) is 3. The molecule has 1 saturated heterocycles. The molecule has 1 atom stereocenters. The normalized spacial score (nSPS) is 19.4. The van der Waals surface area contributed by atoms with Crippen LogP contribution in [0.5, 0.6) is 0 Å². The van der Waals surface area contributed by atoms with Crippen LogP contribution < -0.4 is 5.32 Å². The van der Waals surface area contributed by atoms with Crippen molar-refractivity contribution in [1.29, 1.82) is 0 Å². The molecule has 110 valence electrons. The second-order valence-corrected chi connectivity index (χ2v) is 4.49. The summed E-state index contributed by atoms with van der Waals surface area (Å²) in [4.78, 5) is 24.7. The molecule has 0 bridgehead atoms. The molecule has 0 radical (unpaired) electrons.